The standard InChI is InChI=1S/C18H29ClN2/c1-13-5-6-15(11-21-18(2,3)4)16(9-13)10-14-7-8-20-12-17(14)19/h7-8,12-13,15-16,21H,5-6,9-11H2,1-4H3. The highest BCUT2D eigenvalue weighted by Crippen LogP contribution is 2.36. The molecule has 1 aliphatic carbocycles. The second-order valence-corrected chi connectivity index (χ2v) is 8.15. The van der Waals surface area contributed by atoms with Crippen molar-refractivity contribution in [1.29, 1.82) is 0 Å². The van der Waals surface area contributed by atoms with Crippen LogP contribution in [-0.2, 0) is 6.42 Å². The third kappa shape index (κ3) is 5.27. The maximum Gasteiger partial charge on any atom is 0.0621 e. The van der Waals surface area contributed by atoms with E-state index in [0.29, 0.717) is 0 Å². The molecule has 3 heteroatoms. The van der Waals surface area contributed by atoms with Gasteiger partial charge >= 0.3 is 0 Å². The van der Waals surface area contributed by atoms with Crippen LogP contribution in [0.2, 0.25) is 5.02 Å². The number of hydrogen-bond donors (Lipinski definition) is 1. The molecule has 1 aliphatic rings. The summed E-state index contributed by atoms with van der Waals surface area (Å²) in [6.45, 7) is 10.2. The lowest BCUT2D eigenvalue weighted by molar-refractivity contribution is 0.174. The van der Waals surface area contributed by atoms with Crippen LogP contribution in [0.15, 0.2) is 18.5 Å². The highest BCUT2D eigenvalue weighted by atomic mass is 35.5. The Hall–Kier alpha value is -0.600. The topological polar surface area (TPSA) is 24.9 Å². The zero-order chi connectivity index (χ0) is 15.5. The first-order valence-electron chi connectivity index (χ1n) is 8.18. The van der Waals surface area contributed by atoms with Crippen molar-refractivity contribution in [2.24, 2.45) is 17.8 Å². The molecule has 0 aliphatic heterocycles. The third-order valence-electron chi connectivity index (χ3n) is 4.64. The van der Waals surface area contributed by atoms with Gasteiger partial charge in [0.2, 0.25) is 0 Å². The first-order valence-corrected chi connectivity index (χ1v) is 8.56. The van der Waals surface area contributed by atoms with Gasteiger partial charge in [-0.05, 0) is 76.0 Å². The second kappa shape index (κ2) is 7.11. The fourth-order valence-corrected chi connectivity index (χ4v) is 3.57. The minimum atomic E-state index is 0.196. The van der Waals surface area contributed by atoms with Gasteiger partial charge in [-0.2, -0.15) is 0 Å². The highest BCUT2D eigenvalue weighted by molar-refractivity contribution is 6.31. The zero-order valence-electron chi connectivity index (χ0n) is 13.8. The first-order chi connectivity index (χ1) is 9.85. The number of rotatable bonds is 4. The summed E-state index contributed by atoms with van der Waals surface area (Å²) in [5.74, 6) is 2.31. The Labute approximate surface area is 134 Å². The molecule has 0 bridgehead atoms. The van der Waals surface area contributed by atoms with Gasteiger partial charge in [-0.1, -0.05) is 24.9 Å². The minimum Gasteiger partial charge on any atom is -0.312 e. The van der Waals surface area contributed by atoms with Gasteiger partial charge in [0.25, 0.3) is 0 Å². The Morgan fingerprint density at radius 3 is 2.71 bits per heavy atom. The lowest BCUT2D eigenvalue weighted by Gasteiger charge is -2.37. The van der Waals surface area contributed by atoms with E-state index < -0.39 is 0 Å². The molecule has 21 heavy (non-hydrogen) atoms. The van der Waals surface area contributed by atoms with Gasteiger partial charge in [0.15, 0.2) is 0 Å². The van der Waals surface area contributed by atoms with E-state index in [-0.39, 0.29) is 5.54 Å². The molecule has 1 heterocycles. The fourth-order valence-electron chi connectivity index (χ4n) is 3.37. The highest BCUT2D eigenvalue weighted by Gasteiger charge is 2.29. The molecule has 1 N–H and O–H groups in total. The SMILES string of the molecule is CC1CCC(CNC(C)(C)C)C(Cc2ccncc2Cl)C1. The Bertz CT molecular complexity index is 453. The number of nitrogens with zero attached hydrogens (tertiary/aromatic N) is 1. The van der Waals surface area contributed by atoms with E-state index >= 15 is 0 Å². The van der Waals surface area contributed by atoms with E-state index in [1.165, 1.54) is 24.8 Å². The van der Waals surface area contributed by atoms with Gasteiger partial charge in [0.1, 0.15) is 0 Å². The van der Waals surface area contributed by atoms with Crippen LogP contribution in [0.3, 0.4) is 0 Å². The molecule has 0 saturated heterocycles. The van der Waals surface area contributed by atoms with E-state index in [1.807, 2.05) is 6.20 Å². The predicted molar refractivity (Wildman–Crippen MR) is 90.7 cm³/mol. The maximum atomic E-state index is 6.30. The van der Waals surface area contributed by atoms with Gasteiger partial charge in [0.05, 0.1) is 5.02 Å². The third-order valence-corrected chi connectivity index (χ3v) is 4.98. The maximum absolute atomic E-state index is 6.30. The van der Waals surface area contributed by atoms with Gasteiger partial charge in [-0.25, -0.2) is 0 Å². The molecule has 1 aromatic rings. The predicted octanol–water partition coefficient (Wildman–Crippen LogP) is 4.72. The van der Waals surface area contributed by atoms with Gasteiger partial charge < -0.3 is 5.32 Å². The van der Waals surface area contributed by atoms with Gasteiger partial charge in [-0.15, -0.1) is 0 Å². The van der Waals surface area contributed by atoms with Crippen LogP contribution in [0, 0.1) is 17.8 Å². The smallest absolute Gasteiger partial charge is 0.0621 e. The lowest BCUT2D eigenvalue weighted by Crippen LogP contribution is -2.42. The molecular weight excluding hydrogens is 280 g/mol. The van der Waals surface area contributed by atoms with E-state index in [0.717, 1.165) is 35.7 Å². The number of halogens is 1. The Kier molecular flexibility index (Phi) is 5.67. The summed E-state index contributed by atoms with van der Waals surface area (Å²) in [6, 6.07) is 2.08. The average molecular weight is 309 g/mol. The normalized spacial score (nSPS) is 26.8. The minimum absolute atomic E-state index is 0.196. The molecule has 0 radical (unpaired) electrons. The summed E-state index contributed by atoms with van der Waals surface area (Å²) in [6.07, 6.45) is 8.72. The molecule has 2 rings (SSSR count). The van der Waals surface area contributed by atoms with Crippen LogP contribution in [0.25, 0.3) is 0 Å². The van der Waals surface area contributed by atoms with Crippen molar-refractivity contribution in [2.75, 3.05) is 6.54 Å². The molecule has 1 saturated carbocycles. The van der Waals surface area contributed by atoms with E-state index in [1.54, 1.807) is 6.20 Å². The van der Waals surface area contributed by atoms with Crippen LogP contribution in [-0.4, -0.2) is 17.1 Å². The van der Waals surface area contributed by atoms with E-state index in [2.05, 4.69) is 44.1 Å². The molecule has 118 valence electrons. The number of aromatic nitrogens is 1. The monoisotopic (exact) mass is 308 g/mol. The molecule has 0 amide bonds. The Morgan fingerprint density at radius 2 is 2.05 bits per heavy atom. The summed E-state index contributed by atoms with van der Waals surface area (Å²) in [5, 5.41) is 4.51. The van der Waals surface area contributed by atoms with Crippen molar-refractivity contribution in [1.82, 2.24) is 10.3 Å². The van der Waals surface area contributed by atoms with Crippen molar-refractivity contribution in [3.05, 3.63) is 29.0 Å². The quantitative estimate of drug-likeness (QED) is 0.870. The summed E-state index contributed by atoms with van der Waals surface area (Å²) in [5.41, 5.74) is 1.45. The van der Waals surface area contributed by atoms with Gasteiger partial charge in [-0.3, -0.25) is 4.98 Å². The molecule has 3 unspecified atom stereocenters. The summed E-state index contributed by atoms with van der Waals surface area (Å²) in [4.78, 5) is 4.10. The van der Waals surface area contributed by atoms with Crippen LogP contribution in [0.4, 0.5) is 0 Å². The fraction of sp³-hybridized carbons (Fsp3) is 0.722. The Morgan fingerprint density at radius 1 is 1.29 bits per heavy atom. The summed E-state index contributed by atoms with van der Waals surface area (Å²) >= 11 is 6.30. The largest absolute Gasteiger partial charge is 0.312 e. The van der Waals surface area contributed by atoms with Crippen molar-refractivity contribution < 1.29 is 0 Å². The van der Waals surface area contributed by atoms with Crippen LogP contribution < -0.4 is 5.32 Å². The van der Waals surface area contributed by atoms with Crippen LogP contribution >= 0.6 is 11.6 Å². The Balaban J connectivity index is 2.03. The van der Waals surface area contributed by atoms with Crippen molar-refractivity contribution in [3.8, 4) is 0 Å². The molecular formula is C18H29ClN2. The number of nitrogens with one attached hydrogen (secondary N) is 1. The molecule has 3 atom stereocenters. The van der Waals surface area contributed by atoms with E-state index in [9.17, 15) is 0 Å². The number of pyridine rings is 1. The summed E-state index contributed by atoms with van der Waals surface area (Å²) in [7, 11) is 0. The van der Waals surface area contributed by atoms with Crippen molar-refractivity contribution in [3.63, 3.8) is 0 Å². The van der Waals surface area contributed by atoms with Crippen LogP contribution in [0.5, 0.6) is 0 Å². The summed E-state index contributed by atoms with van der Waals surface area (Å²) < 4.78 is 0. The van der Waals surface area contributed by atoms with Crippen molar-refractivity contribution >= 4 is 11.6 Å². The zero-order valence-corrected chi connectivity index (χ0v) is 14.6. The van der Waals surface area contributed by atoms with Gasteiger partial charge in [0, 0.05) is 17.9 Å². The molecule has 1 fully saturated rings. The second-order valence-electron chi connectivity index (χ2n) is 7.74. The van der Waals surface area contributed by atoms with Crippen molar-refractivity contribution in [2.45, 2.75) is 58.9 Å². The molecule has 1 aromatic heterocycles. The van der Waals surface area contributed by atoms with Crippen LogP contribution in [0.1, 0.15) is 52.5 Å². The number of hydrogen-bond acceptors (Lipinski definition) is 2. The average Bonchev–Trinajstić information content (AvgIpc) is 2.39. The van der Waals surface area contributed by atoms with E-state index in [4.69, 9.17) is 11.6 Å². The first kappa shape index (κ1) is 16.8. The lowest BCUT2D eigenvalue weighted by atomic mass is 9.72. The molecule has 0 aromatic carbocycles. The molecule has 0 spiro atoms. The molecule has 2 nitrogen and oxygen atoms in total.